The topological polar surface area (TPSA) is 66.5 Å². The van der Waals surface area contributed by atoms with E-state index in [-0.39, 0.29) is 6.08 Å². The van der Waals surface area contributed by atoms with Crippen LogP contribution in [0.4, 0.5) is 0 Å². The highest BCUT2D eigenvalue weighted by Gasteiger charge is 2.12. The van der Waals surface area contributed by atoms with Crippen LogP contribution in [0, 0.1) is 0 Å². The lowest BCUT2D eigenvalue weighted by Crippen LogP contribution is -2.13. The van der Waals surface area contributed by atoms with Gasteiger partial charge in [-0.1, -0.05) is 47.6 Å². The van der Waals surface area contributed by atoms with Gasteiger partial charge in [0.25, 0.3) is 0 Å². The summed E-state index contributed by atoms with van der Waals surface area (Å²) in [5.41, 5.74) is 2.59. The summed E-state index contributed by atoms with van der Waals surface area (Å²) in [4.78, 5) is 12.1. The van der Waals surface area contributed by atoms with E-state index in [1.165, 1.54) is 0 Å². The third kappa shape index (κ3) is 3.59. The third-order valence-electron chi connectivity index (χ3n) is 3.99. The van der Waals surface area contributed by atoms with E-state index in [0.29, 0.717) is 11.4 Å². The highest BCUT2D eigenvalue weighted by atomic mass is 16.6. The number of methoxy groups -OCH3 is 1. The molecule has 0 saturated heterocycles. The average molecular weight is 360 g/mol. The number of nitrogens with zero attached hydrogens (tertiary/aromatic N) is 2. The first-order valence-corrected chi connectivity index (χ1v) is 8.31. The molecule has 4 rings (SSSR count). The van der Waals surface area contributed by atoms with Crippen LogP contribution in [-0.4, -0.2) is 16.9 Å². The summed E-state index contributed by atoms with van der Waals surface area (Å²) in [6, 6.07) is 24.2. The molecule has 3 aromatic carbocycles. The number of para-hydroxylation sites is 1. The Bertz CT molecular complexity index is 1100. The van der Waals surface area contributed by atoms with Crippen molar-refractivity contribution in [3.05, 3.63) is 89.4 Å². The van der Waals surface area contributed by atoms with Crippen molar-refractivity contribution >= 4 is 0 Å². The van der Waals surface area contributed by atoms with Crippen LogP contribution in [0.3, 0.4) is 0 Å². The summed E-state index contributed by atoms with van der Waals surface area (Å²) in [5.74, 6) is 0.710. The maximum atomic E-state index is 12.1. The Morgan fingerprint density at radius 2 is 1.59 bits per heavy atom. The first-order valence-electron chi connectivity index (χ1n) is 8.31. The summed E-state index contributed by atoms with van der Waals surface area (Å²) in [6.45, 7) is 0. The average Bonchev–Trinajstić information content (AvgIpc) is 3.09. The maximum Gasteiger partial charge on any atom is 0.444 e. The number of hydrogen-bond donors (Lipinski definition) is 0. The summed E-state index contributed by atoms with van der Waals surface area (Å²) in [6.07, 6.45) is -0.108. The molecule has 0 unspecified atom stereocenters. The number of benzene rings is 3. The van der Waals surface area contributed by atoms with Gasteiger partial charge in [0.2, 0.25) is 0 Å². The van der Waals surface area contributed by atoms with Gasteiger partial charge in [-0.05, 0) is 47.5 Å². The van der Waals surface area contributed by atoms with Gasteiger partial charge in [0.15, 0.2) is 0 Å². The SMILES string of the molecule is COc1cccc(-c2ccc(-n3nc(Oc4ccccc4)oc3=O)cc2)c1. The number of rotatable bonds is 5. The van der Waals surface area contributed by atoms with Crippen LogP contribution in [0.15, 0.2) is 88.1 Å². The lowest BCUT2D eigenvalue weighted by Gasteiger charge is -2.05. The molecule has 134 valence electrons. The molecule has 6 heteroatoms. The normalized spacial score (nSPS) is 10.6. The van der Waals surface area contributed by atoms with E-state index in [9.17, 15) is 4.79 Å². The van der Waals surface area contributed by atoms with E-state index in [1.54, 1.807) is 31.4 Å². The van der Waals surface area contributed by atoms with Crippen LogP contribution in [0.5, 0.6) is 17.6 Å². The Labute approximate surface area is 155 Å². The number of hydrogen-bond acceptors (Lipinski definition) is 5. The van der Waals surface area contributed by atoms with Gasteiger partial charge in [-0.25, -0.2) is 4.79 Å². The van der Waals surface area contributed by atoms with Crippen molar-refractivity contribution in [2.75, 3.05) is 7.11 Å². The van der Waals surface area contributed by atoms with Crippen molar-refractivity contribution in [2.24, 2.45) is 0 Å². The van der Waals surface area contributed by atoms with E-state index < -0.39 is 5.76 Å². The zero-order valence-corrected chi connectivity index (χ0v) is 14.5. The molecule has 0 spiro atoms. The molecule has 0 N–H and O–H groups in total. The van der Waals surface area contributed by atoms with Crippen molar-refractivity contribution in [1.82, 2.24) is 9.78 Å². The van der Waals surface area contributed by atoms with E-state index in [2.05, 4.69) is 5.10 Å². The molecule has 0 aliphatic rings. The minimum Gasteiger partial charge on any atom is -0.497 e. The maximum absolute atomic E-state index is 12.1. The fourth-order valence-electron chi connectivity index (χ4n) is 2.65. The molecule has 4 aromatic rings. The van der Waals surface area contributed by atoms with Crippen LogP contribution < -0.4 is 15.2 Å². The molecule has 0 fully saturated rings. The van der Waals surface area contributed by atoms with Crippen molar-refractivity contribution in [2.45, 2.75) is 0 Å². The summed E-state index contributed by atoms with van der Waals surface area (Å²) < 4.78 is 17.0. The molecule has 1 aromatic heterocycles. The molecule has 0 aliphatic heterocycles. The molecule has 0 radical (unpaired) electrons. The highest BCUT2D eigenvalue weighted by molar-refractivity contribution is 5.66. The highest BCUT2D eigenvalue weighted by Crippen LogP contribution is 2.25. The van der Waals surface area contributed by atoms with Gasteiger partial charge in [0, 0.05) is 0 Å². The van der Waals surface area contributed by atoms with E-state index in [0.717, 1.165) is 21.6 Å². The van der Waals surface area contributed by atoms with Crippen molar-refractivity contribution in [3.63, 3.8) is 0 Å². The van der Waals surface area contributed by atoms with Crippen LogP contribution in [-0.2, 0) is 0 Å². The Hall–Kier alpha value is -3.80. The van der Waals surface area contributed by atoms with Crippen LogP contribution in [0.2, 0.25) is 0 Å². The molecular formula is C21H16N2O4. The lowest BCUT2D eigenvalue weighted by molar-refractivity contribution is 0.320. The molecule has 0 bridgehead atoms. The van der Waals surface area contributed by atoms with E-state index in [4.69, 9.17) is 13.9 Å². The zero-order valence-electron chi connectivity index (χ0n) is 14.5. The molecule has 0 aliphatic carbocycles. The Kier molecular flexibility index (Phi) is 4.45. The molecule has 1 heterocycles. The second-order valence-electron chi connectivity index (χ2n) is 5.74. The van der Waals surface area contributed by atoms with Gasteiger partial charge in [-0.15, -0.1) is 0 Å². The van der Waals surface area contributed by atoms with E-state index >= 15 is 0 Å². The molecule has 0 atom stereocenters. The Morgan fingerprint density at radius 1 is 0.852 bits per heavy atom. The van der Waals surface area contributed by atoms with Crippen molar-refractivity contribution in [1.29, 1.82) is 0 Å². The van der Waals surface area contributed by atoms with Crippen LogP contribution >= 0.6 is 0 Å². The minimum absolute atomic E-state index is 0.108. The first-order chi connectivity index (χ1) is 13.2. The lowest BCUT2D eigenvalue weighted by atomic mass is 10.1. The van der Waals surface area contributed by atoms with Gasteiger partial charge in [-0.2, -0.15) is 4.68 Å². The van der Waals surface area contributed by atoms with Crippen molar-refractivity contribution in [3.8, 4) is 34.4 Å². The molecule has 27 heavy (non-hydrogen) atoms. The number of aromatic nitrogens is 2. The third-order valence-corrected chi connectivity index (χ3v) is 3.99. The predicted octanol–water partition coefficient (Wildman–Crippen LogP) is 4.29. The fraction of sp³-hybridized carbons (Fsp3) is 0.0476. The summed E-state index contributed by atoms with van der Waals surface area (Å²) in [5, 5.41) is 4.10. The quantitative estimate of drug-likeness (QED) is 0.531. The molecular weight excluding hydrogens is 344 g/mol. The fourth-order valence-corrected chi connectivity index (χ4v) is 2.65. The molecule has 6 nitrogen and oxygen atoms in total. The van der Waals surface area contributed by atoms with Crippen LogP contribution in [0.1, 0.15) is 0 Å². The Balaban J connectivity index is 1.59. The summed E-state index contributed by atoms with van der Waals surface area (Å²) in [7, 11) is 1.63. The zero-order chi connectivity index (χ0) is 18.6. The van der Waals surface area contributed by atoms with Gasteiger partial charge >= 0.3 is 11.8 Å². The minimum atomic E-state index is -0.616. The summed E-state index contributed by atoms with van der Waals surface area (Å²) >= 11 is 0. The Morgan fingerprint density at radius 3 is 2.33 bits per heavy atom. The van der Waals surface area contributed by atoms with Crippen molar-refractivity contribution < 1.29 is 13.9 Å². The van der Waals surface area contributed by atoms with E-state index in [1.807, 2.05) is 54.6 Å². The largest absolute Gasteiger partial charge is 0.497 e. The smallest absolute Gasteiger partial charge is 0.444 e. The second kappa shape index (κ2) is 7.21. The van der Waals surface area contributed by atoms with Crippen LogP contribution in [0.25, 0.3) is 16.8 Å². The molecule has 0 amide bonds. The second-order valence-corrected chi connectivity index (χ2v) is 5.74. The molecule has 0 saturated carbocycles. The van der Waals surface area contributed by atoms with Gasteiger partial charge in [0.1, 0.15) is 11.5 Å². The van der Waals surface area contributed by atoms with Gasteiger partial charge in [0.05, 0.1) is 12.8 Å². The van der Waals surface area contributed by atoms with Gasteiger partial charge in [-0.3, -0.25) is 0 Å². The standard InChI is InChI=1S/C21H16N2O4/c1-25-19-9-5-6-16(14-19)15-10-12-17(13-11-15)23-21(24)27-20(22-23)26-18-7-3-2-4-8-18/h2-14H,1H3. The monoisotopic (exact) mass is 360 g/mol. The number of ether oxygens (including phenoxy) is 2. The van der Waals surface area contributed by atoms with Gasteiger partial charge < -0.3 is 13.9 Å². The first kappa shape index (κ1) is 16.7. The predicted molar refractivity (Wildman–Crippen MR) is 101 cm³/mol.